The van der Waals surface area contributed by atoms with Crippen molar-refractivity contribution >= 4 is 49.9 Å². The van der Waals surface area contributed by atoms with Gasteiger partial charge in [0.15, 0.2) is 0 Å². The molecule has 0 aromatic carbocycles. The van der Waals surface area contributed by atoms with Crippen molar-refractivity contribution in [2.75, 3.05) is 18.8 Å². The van der Waals surface area contributed by atoms with Gasteiger partial charge >= 0.3 is 5.97 Å². The maximum absolute atomic E-state index is 12.1. The first-order valence-electron chi connectivity index (χ1n) is 9.34. The molecule has 0 spiro atoms. The van der Waals surface area contributed by atoms with E-state index in [1.807, 2.05) is 0 Å². The summed E-state index contributed by atoms with van der Waals surface area (Å²) in [5, 5.41) is 15.2. The molecular weight excluding hydrogens is 399 g/mol. The van der Waals surface area contributed by atoms with Crippen LogP contribution in [-0.2, 0) is 24.0 Å². The van der Waals surface area contributed by atoms with E-state index in [2.05, 4.69) is 28.6 Å². The molecule has 0 saturated heterocycles. The lowest BCUT2D eigenvalue weighted by molar-refractivity contribution is -0.140. The summed E-state index contributed by atoms with van der Waals surface area (Å²) in [5.74, 6) is -3.01. The normalized spacial score (nSPS) is 16.6. The van der Waals surface area contributed by atoms with Gasteiger partial charge in [0.25, 0.3) is 0 Å². The average Bonchev–Trinajstić information content (AvgIpc) is 2.65. The van der Waals surface area contributed by atoms with E-state index < -0.39 is 47.5 Å². The molecular formula is C17H27BN4O6S. The van der Waals surface area contributed by atoms with Crippen molar-refractivity contribution in [3.63, 3.8) is 0 Å². The number of thiol groups is 1. The van der Waals surface area contributed by atoms with Crippen LogP contribution in [-0.4, -0.2) is 73.4 Å². The van der Waals surface area contributed by atoms with Crippen LogP contribution in [0, 0.1) is 0 Å². The van der Waals surface area contributed by atoms with Crippen LogP contribution < -0.4 is 21.7 Å². The van der Waals surface area contributed by atoms with E-state index in [9.17, 15) is 24.0 Å². The quantitative estimate of drug-likeness (QED) is 0.151. The minimum atomic E-state index is -1.30. The molecule has 1 aliphatic carbocycles. The number of aliphatic carboxylic acids is 1. The van der Waals surface area contributed by atoms with Crippen molar-refractivity contribution in [2.45, 2.75) is 55.9 Å². The van der Waals surface area contributed by atoms with Crippen molar-refractivity contribution in [3.05, 3.63) is 0 Å². The number of amides is 3. The molecule has 1 saturated carbocycles. The predicted molar refractivity (Wildman–Crippen MR) is 109 cm³/mol. The van der Waals surface area contributed by atoms with E-state index in [1.165, 1.54) is 0 Å². The number of nitrogens with one attached hydrogen (secondary N) is 3. The largest absolute Gasteiger partial charge is 0.481 e. The Labute approximate surface area is 175 Å². The topological polar surface area (TPSA) is 168 Å². The molecule has 10 nitrogen and oxygen atoms in total. The lowest BCUT2D eigenvalue weighted by Crippen LogP contribution is -2.55. The highest BCUT2D eigenvalue weighted by Gasteiger charge is 2.37. The Morgan fingerprint density at radius 1 is 1.10 bits per heavy atom. The van der Waals surface area contributed by atoms with Gasteiger partial charge in [0.2, 0.25) is 17.7 Å². The summed E-state index contributed by atoms with van der Waals surface area (Å²) >= 11 is 3.93. The summed E-state index contributed by atoms with van der Waals surface area (Å²) in [7, 11) is 5.90. The van der Waals surface area contributed by atoms with Crippen molar-refractivity contribution < 1.29 is 29.1 Å². The summed E-state index contributed by atoms with van der Waals surface area (Å²) in [5.41, 5.74) is 5.70. The summed E-state index contributed by atoms with van der Waals surface area (Å²) in [4.78, 5) is 58.8. The second-order valence-electron chi connectivity index (χ2n) is 7.02. The molecule has 1 rings (SSSR count). The summed E-state index contributed by atoms with van der Waals surface area (Å²) in [6.07, 6.45) is 1.46. The molecule has 0 aromatic heterocycles. The maximum Gasteiger partial charge on any atom is 0.305 e. The lowest BCUT2D eigenvalue weighted by atomic mass is 9.52. The highest BCUT2D eigenvalue weighted by atomic mass is 32.1. The smallest absolute Gasteiger partial charge is 0.305 e. The van der Waals surface area contributed by atoms with Gasteiger partial charge in [-0.1, -0.05) is 6.42 Å². The van der Waals surface area contributed by atoms with E-state index in [1.54, 1.807) is 0 Å². The molecule has 0 aromatic rings. The first kappa shape index (κ1) is 25.0. The summed E-state index contributed by atoms with van der Waals surface area (Å²) in [6, 6.07) is -2.50. The average molecular weight is 426 g/mol. The van der Waals surface area contributed by atoms with Crippen molar-refractivity contribution in [1.82, 2.24) is 16.0 Å². The van der Waals surface area contributed by atoms with Crippen LogP contribution in [0.1, 0.15) is 38.5 Å². The number of carboxylic acid groups (broad SMARTS) is 1. The fraction of sp³-hybridized carbons (Fsp3) is 0.706. The Morgan fingerprint density at radius 3 is 2.28 bits per heavy atom. The molecule has 0 bridgehead atoms. The Morgan fingerprint density at radius 2 is 1.76 bits per heavy atom. The minimum Gasteiger partial charge on any atom is -0.481 e. The van der Waals surface area contributed by atoms with Crippen molar-refractivity contribution in [1.29, 1.82) is 0 Å². The van der Waals surface area contributed by atoms with Crippen LogP contribution in [0.15, 0.2) is 0 Å². The Balaban J connectivity index is 2.42. The standard InChI is InChI=1S/C17H27BN4O6S/c18-17(4-1-5-17)12(23)2-3-13(24)21-9-10(19)15(27)22-11(8-14(25)26)16(28)20-6-7-29/h10-11,29H,1-9,19H2,(H,20,28)(H,21,24)(H,22,27)(H,25,26)/t10-,11-/m0/s1. The zero-order chi connectivity index (χ0) is 22.0. The van der Waals surface area contributed by atoms with Gasteiger partial charge in [0.05, 0.1) is 14.3 Å². The Kier molecular flexibility index (Phi) is 10.2. The lowest BCUT2D eigenvalue weighted by Gasteiger charge is -2.37. The number of Topliss-reactive ketones (excluding diaryl/α,β-unsaturated/α-hetero) is 1. The second-order valence-corrected chi connectivity index (χ2v) is 7.46. The van der Waals surface area contributed by atoms with Gasteiger partial charge in [-0.25, -0.2) is 0 Å². The van der Waals surface area contributed by atoms with Gasteiger partial charge in [-0.15, -0.1) is 0 Å². The first-order valence-corrected chi connectivity index (χ1v) is 9.97. The van der Waals surface area contributed by atoms with E-state index in [-0.39, 0.29) is 31.7 Å². The Hall–Kier alpha value is -2.08. The number of hydrogen-bond donors (Lipinski definition) is 6. The highest BCUT2D eigenvalue weighted by molar-refractivity contribution is 7.80. The van der Waals surface area contributed by atoms with E-state index in [0.717, 1.165) is 6.42 Å². The SMILES string of the molecule is [B]C1(C(=O)CCC(=O)NC[C@H](N)C(=O)N[C@@H](CC(=O)O)C(=O)NCCS)CCC1. The molecule has 0 heterocycles. The van der Waals surface area contributed by atoms with Crippen LogP contribution in [0.4, 0.5) is 0 Å². The first-order chi connectivity index (χ1) is 13.6. The zero-order valence-electron chi connectivity index (χ0n) is 16.1. The second kappa shape index (κ2) is 11.8. The monoisotopic (exact) mass is 426 g/mol. The number of hydrogen-bond acceptors (Lipinski definition) is 7. The van der Waals surface area contributed by atoms with Gasteiger partial charge < -0.3 is 26.8 Å². The number of nitrogens with two attached hydrogens (primary N) is 1. The molecule has 0 unspecified atom stereocenters. The van der Waals surface area contributed by atoms with Crippen LogP contribution in [0.3, 0.4) is 0 Å². The number of ketones is 1. The minimum absolute atomic E-state index is 0.00969. The van der Waals surface area contributed by atoms with Gasteiger partial charge in [-0.3, -0.25) is 24.0 Å². The molecule has 2 atom stereocenters. The highest BCUT2D eigenvalue weighted by Crippen LogP contribution is 2.46. The molecule has 1 aliphatic rings. The number of carbonyl (C=O) groups excluding carboxylic acids is 4. The molecule has 6 N–H and O–H groups in total. The molecule has 1 fully saturated rings. The van der Waals surface area contributed by atoms with E-state index in [4.69, 9.17) is 18.7 Å². The molecule has 29 heavy (non-hydrogen) atoms. The summed E-state index contributed by atoms with van der Waals surface area (Å²) in [6.45, 7) is -0.0243. The third kappa shape index (κ3) is 8.44. The van der Waals surface area contributed by atoms with Gasteiger partial charge in [-0.05, 0) is 18.2 Å². The fourth-order valence-electron chi connectivity index (χ4n) is 2.68. The van der Waals surface area contributed by atoms with Crippen LogP contribution >= 0.6 is 12.6 Å². The molecule has 0 aliphatic heterocycles. The third-order valence-electron chi connectivity index (χ3n) is 4.66. The zero-order valence-corrected chi connectivity index (χ0v) is 17.0. The number of rotatable bonds is 13. The van der Waals surface area contributed by atoms with Crippen molar-refractivity contribution in [3.8, 4) is 0 Å². The summed E-state index contributed by atoms with van der Waals surface area (Å²) < 4.78 is 0. The fourth-order valence-corrected chi connectivity index (χ4v) is 2.79. The van der Waals surface area contributed by atoms with Crippen LogP contribution in [0.25, 0.3) is 0 Å². The van der Waals surface area contributed by atoms with Crippen LogP contribution in [0.2, 0.25) is 5.31 Å². The Bertz CT molecular complexity index is 643. The van der Waals surface area contributed by atoms with Crippen molar-refractivity contribution in [2.24, 2.45) is 5.73 Å². The number of carbonyl (C=O) groups is 5. The molecule has 160 valence electrons. The molecule has 3 amide bonds. The van der Waals surface area contributed by atoms with Gasteiger partial charge in [0.1, 0.15) is 17.9 Å². The molecule has 12 heteroatoms. The predicted octanol–water partition coefficient (Wildman–Crippen LogP) is -1.70. The van der Waals surface area contributed by atoms with Gasteiger partial charge in [-0.2, -0.15) is 12.6 Å². The molecule has 2 radical (unpaired) electrons. The third-order valence-corrected chi connectivity index (χ3v) is 4.88. The van der Waals surface area contributed by atoms with Gasteiger partial charge in [0, 0.05) is 31.7 Å². The van der Waals surface area contributed by atoms with Crippen LogP contribution in [0.5, 0.6) is 0 Å². The maximum atomic E-state index is 12.1. The van der Waals surface area contributed by atoms with E-state index in [0.29, 0.717) is 18.6 Å². The van der Waals surface area contributed by atoms with E-state index >= 15 is 0 Å². The number of carboxylic acids is 1.